The second-order valence-electron chi connectivity index (χ2n) is 5.86. The van der Waals surface area contributed by atoms with E-state index >= 15 is 0 Å². The number of hydrogen-bond donors (Lipinski definition) is 1. The molecule has 126 valence electrons. The molecule has 0 spiro atoms. The second kappa shape index (κ2) is 5.89. The maximum atomic E-state index is 12.9. The highest BCUT2D eigenvalue weighted by Gasteiger charge is 2.56. The van der Waals surface area contributed by atoms with Crippen molar-refractivity contribution in [1.82, 2.24) is 4.31 Å². The lowest BCUT2D eigenvalue weighted by molar-refractivity contribution is -0.157. The van der Waals surface area contributed by atoms with Crippen LogP contribution in [0.25, 0.3) is 0 Å². The van der Waals surface area contributed by atoms with Crippen molar-refractivity contribution in [2.75, 3.05) is 26.3 Å². The summed E-state index contributed by atoms with van der Waals surface area (Å²) < 4.78 is 32.2. The summed E-state index contributed by atoms with van der Waals surface area (Å²) in [6.45, 7) is 0.565. The minimum Gasteiger partial charge on any atom is -0.481 e. The Bertz CT molecular complexity index is 754. The zero-order valence-electron chi connectivity index (χ0n) is 12.0. The van der Waals surface area contributed by atoms with Crippen molar-refractivity contribution >= 4 is 39.2 Å². The third-order valence-electron chi connectivity index (χ3n) is 4.61. The number of carboxylic acids is 1. The van der Waals surface area contributed by atoms with Crippen molar-refractivity contribution in [3.05, 3.63) is 28.2 Å². The Morgan fingerprint density at radius 1 is 1.39 bits per heavy atom. The van der Waals surface area contributed by atoms with E-state index in [1.807, 2.05) is 0 Å². The summed E-state index contributed by atoms with van der Waals surface area (Å²) in [7, 11) is -3.92. The van der Waals surface area contributed by atoms with Crippen LogP contribution in [0.5, 0.6) is 0 Å². The molecule has 0 amide bonds. The van der Waals surface area contributed by atoms with Gasteiger partial charge in [-0.05, 0) is 24.6 Å². The first kappa shape index (κ1) is 17.0. The predicted molar refractivity (Wildman–Crippen MR) is 84.2 cm³/mol. The van der Waals surface area contributed by atoms with Crippen LogP contribution < -0.4 is 0 Å². The quantitative estimate of drug-likeness (QED) is 0.869. The molecule has 0 aliphatic carbocycles. The van der Waals surface area contributed by atoms with Crippen LogP contribution >= 0.6 is 23.2 Å². The maximum Gasteiger partial charge on any atom is 0.311 e. The number of rotatable bonds is 3. The fourth-order valence-corrected chi connectivity index (χ4v) is 5.54. The number of carbonyl (C=O) groups is 1. The molecule has 23 heavy (non-hydrogen) atoms. The lowest BCUT2D eigenvalue weighted by Crippen LogP contribution is -2.45. The summed E-state index contributed by atoms with van der Waals surface area (Å²) in [5.41, 5.74) is -1.10. The minimum atomic E-state index is -3.92. The molecule has 1 N–H and O–H groups in total. The first-order valence-corrected chi connectivity index (χ1v) is 9.23. The number of benzene rings is 1. The zero-order chi connectivity index (χ0) is 16.8. The number of hydrogen-bond acceptors (Lipinski definition) is 4. The van der Waals surface area contributed by atoms with Crippen molar-refractivity contribution in [2.45, 2.75) is 11.3 Å². The van der Waals surface area contributed by atoms with Crippen LogP contribution in [0, 0.1) is 11.3 Å². The van der Waals surface area contributed by atoms with E-state index < -0.39 is 21.4 Å². The molecular formula is C14H15Cl2NO5S. The lowest BCUT2D eigenvalue weighted by Gasteiger charge is -2.34. The first-order valence-electron chi connectivity index (χ1n) is 7.04. The van der Waals surface area contributed by atoms with Crippen molar-refractivity contribution in [1.29, 1.82) is 0 Å². The summed E-state index contributed by atoms with van der Waals surface area (Å²) in [5, 5.41) is 9.94. The molecule has 9 heteroatoms. The molecule has 6 nitrogen and oxygen atoms in total. The van der Waals surface area contributed by atoms with Gasteiger partial charge in [0, 0.05) is 30.6 Å². The maximum absolute atomic E-state index is 12.9. The molecule has 1 aromatic rings. The van der Waals surface area contributed by atoms with Crippen LogP contribution in [0.15, 0.2) is 23.1 Å². The number of aliphatic carboxylic acids is 1. The largest absolute Gasteiger partial charge is 0.481 e. The van der Waals surface area contributed by atoms with Gasteiger partial charge in [0.25, 0.3) is 0 Å². The molecule has 3 rings (SSSR count). The van der Waals surface area contributed by atoms with Gasteiger partial charge in [0.05, 0.1) is 17.0 Å². The molecule has 2 heterocycles. The van der Waals surface area contributed by atoms with Gasteiger partial charge in [0.2, 0.25) is 10.0 Å². The average Bonchev–Trinajstić information content (AvgIpc) is 2.91. The summed E-state index contributed by atoms with van der Waals surface area (Å²) >= 11 is 11.9. The van der Waals surface area contributed by atoms with Crippen molar-refractivity contribution < 1.29 is 23.1 Å². The van der Waals surface area contributed by atoms with Crippen molar-refractivity contribution in [2.24, 2.45) is 11.3 Å². The summed E-state index contributed by atoms with van der Waals surface area (Å²) in [4.78, 5) is 11.7. The van der Waals surface area contributed by atoms with E-state index in [4.69, 9.17) is 27.9 Å². The predicted octanol–water partition coefficient (Wildman–Crippen LogP) is 2.11. The second-order valence-corrected chi connectivity index (χ2v) is 8.61. The number of halogens is 2. The molecule has 2 saturated heterocycles. The van der Waals surface area contributed by atoms with Gasteiger partial charge in [-0.1, -0.05) is 23.2 Å². The van der Waals surface area contributed by atoms with Crippen LogP contribution in [0.1, 0.15) is 6.42 Å². The Morgan fingerprint density at radius 3 is 2.78 bits per heavy atom. The highest BCUT2D eigenvalue weighted by molar-refractivity contribution is 7.89. The number of nitrogens with zero attached hydrogens (tertiary/aromatic N) is 1. The number of ether oxygens (including phenoxy) is 1. The normalized spacial score (nSPS) is 28.5. The molecule has 2 aliphatic heterocycles. The summed E-state index contributed by atoms with van der Waals surface area (Å²) in [6.07, 6.45) is 0.294. The van der Waals surface area contributed by atoms with E-state index in [1.54, 1.807) is 0 Å². The molecular weight excluding hydrogens is 365 g/mol. The Hall–Kier alpha value is -0.860. The molecule has 2 aliphatic rings. The van der Waals surface area contributed by atoms with Crippen molar-refractivity contribution in [3.63, 3.8) is 0 Å². The first-order chi connectivity index (χ1) is 10.8. The van der Waals surface area contributed by atoms with E-state index in [0.717, 1.165) is 0 Å². The van der Waals surface area contributed by atoms with Gasteiger partial charge >= 0.3 is 5.97 Å². The third-order valence-corrected chi connectivity index (χ3v) is 7.14. The van der Waals surface area contributed by atoms with Crippen LogP contribution in [0.3, 0.4) is 0 Å². The Morgan fingerprint density at radius 2 is 2.13 bits per heavy atom. The highest BCUT2D eigenvalue weighted by Crippen LogP contribution is 2.44. The Labute approximate surface area is 144 Å². The number of sulfonamides is 1. The van der Waals surface area contributed by atoms with Crippen LogP contribution in [-0.2, 0) is 19.6 Å². The van der Waals surface area contributed by atoms with E-state index in [1.165, 1.54) is 22.5 Å². The molecule has 0 saturated carbocycles. The fourth-order valence-electron chi connectivity index (χ4n) is 3.25. The van der Waals surface area contributed by atoms with Crippen LogP contribution in [0.2, 0.25) is 10.0 Å². The fraction of sp³-hybridized carbons (Fsp3) is 0.500. The molecule has 0 radical (unpaired) electrons. The minimum absolute atomic E-state index is 0.0601. The van der Waals surface area contributed by atoms with Gasteiger partial charge in [-0.2, -0.15) is 4.31 Å². The average molecular weight is 380 g/mol. The van der Waals surface area contributed by atoms with Crippen LogP contribution in [0.4, 0.5) is 0 Å². The van der Waals surface area contributed by atoms with Gasteiger partial charge in [-0.15, -0.1) is 0 Å². The van der Waals surface area contributed by atoms with Gasteiger partial charge in [0.15, 0.2) is 0 Å². The van der Waals surface area contributed by atoms with E-state index in [2.05, 4.69) is 0 Å². The Kier molecular flexibility index (Phi) is 4.35. The monoisotopic (exact) mass is 379 g/mol. The van der Waals surface area contributed by atoms with Gasteiger partial charge in [0.1, 0.15) is 4.90 Å². The SMILES string of the molecule is O=C(O)[C@]12CCOC[C@H]1CN(S(=O)(=O)c1cc(Cl)ccc1Cl)C2. The van der Waals surface area contributed by atoms with E-state index in [-0.39, 0.29) is 40.6 Å². The Balaban J connectivity index is 1.99. The van der Waals surface area contributed by atoms with Crippen LogP contribution in [-0.4, -0.2) is 50.1 Å². The molecule has 0 bridgehead atoms. The van der Waals surface area contributed by atoms with Gasteiger partial charge < -0.3 is 9.84 Å². The molecule has 1 aromatic carbocycles. The molecule has 0 unspecified atom stereocenters. The summed E-state index contributed by atoms with van der Waals surface area (Å²) in [6, 6.07) is 4.19. The summed E-state index contributed by atoms with van der Waals surface area (Å²) in [5.74, 6) is -1.36. The van der Waals surface area contributed by atoms with E-state index in [0.29, 0.717) is 13.0 Å². The van der Waals surface area contributed by atoms with Crippen molar-refractivity contribution in [3.8, 4) is 0 Å². The number of fused-ring (bicyclic) bond motifs is 1. The smallest absolute Gasteiger partial charge is 0.311 e. The molecule has 2 atom stereocenters. The topological polar surface area (TPSA) is 83.9 Å². The van der Waals surface area contributed by atoms with Gasteiger partial charge in [-0.3, -0.25) is 4.79 Å². The third kappa shape index (κ3) is 2.74. The van der Waals surface area contributed by atoms with E-state index in [9.17, 15) is 18.3 Å². The zero-order valence-corrected chi connectivity index (χ0v) is 14.4. The molecule has 0 aromatic heterocycles. The number of carboxylic acid groups (broad SMARTS) is 1. The standard InChI is InChI=1S/C14H15Cl2NO5S/c15-10-1-2-11(16)12(5-10)23(20,21)17-6-9-7-22-4-3-14(9,8-17)13(18)19/h1-2,5,9H,3-4,6-8H2,(H,18,19)/t9-,14+/m1/s1. The van der Waals surface area contributed by atoms with Gasteiger partial charge in [-0.25, -0.2) is 8.42 Å². The molecule has 2 fully saturated rings. The highest BCUT2D eigenvalue weighted by atomic mass is 35.5. The lowest BCUT2D eigenvalue weighted by atomic mass is 9.74.